The van der Waals surface area contributed by atoms with Crippen LogP contribution >= 0.6 is 11.8 Å². The van der Waals surface area contributed by atoms with Crippen molar-refractivity contribution in [3.8, 4) is 0 Å². The summed E-state index contributed by atoms with van der Waals surface area (Å²) in [5.41, 5.74) is 1.49. The summed E-state index contributed by atoms with van der Waals surface area (Å²) in [5, 5.41) is 3.85. The van der Waals surface area contributed by atoms with E-state index in [-0.39, 0.29) is 0 Å². The number of aliphatic imine (C=N–C) groups is 2. The largest absolute Gasteiger partial charge is 0.316 e. The van der Waals surface area contributed by atoms with Crippen molar-refractivity contribution in [1.82, 2.24) is 10.2 Å². The first-order valence-corrected chi connectivity index (χ1v) is 10.4. The van der Waals surface area contributed by atoms with Gasteiger partial charge in [-0.2, -0.15) is 0 Å². The second kappa shape index (κ2) is 13.5. The van der Waals surface area contributed by atoms with E-state index in [2.05, 4.69) is 21.9 Å². The van der Waals surface area contributed by atoms with Crippen molar-refractivity contribution < 1.29 is 4.79 Å². The number of hydrogen-bond acceptors (Lipinski definition) is 5. The van der Waals surface area contributed by atoms with Gasteiger partial charge in [0, 0.05) is 24.9 Å². The minimum absolute atomic E-state index is 0.582. The molecule has 0 aliphatic heterocycles. The summed E-state index contributed by atoms with van der Waals surface area (Å²) in [6.45, 7) is 7.55. The summed E-state index contributed by atoms with van der Waals surface area (Å²) >= 11 is 1.53. The summed E-state index contributed by atoms with van der Waals surface area (Å²) in [7, 11) is 1.89. The lowest BCUT2D eigenvalue weighted by atomic mass is 9.89. The van der Waals surface area contributed by atoms with Gasteiger partial charge in [-0.05, 0) is 39.0 Å². The third kappa shape index (κ3) is 8.15. The van der Waals surface area contributed by atoms with Crippen molar-refractivity contribution in [2.45, 2.75) is 39.0 Å². The van der Waals surface area contributed by atoms with Gasteiger partial charge in [0.2, 0.25) is 6.41 Å². The molecule has 1 saturated carbocycles. The molecule has 0 heterocycles. The van der Waals surface area contributed by atoms with Crippen LogP contribution in [-0.2, 0) is 4.79 Å². The molecule has 0 aromatic rings. The minimum Gasteiger partial charge on any atom is -0.316 e. The number of nitrogens with one attached hydrogen (secondary N) is 1. The number of rotatable bonds is 10. The van der Waals surface area contributed by atoms with Crippen molar-refractivity contribution in [1.29, 1.82) is 0 Å². The van der Waals surface area contributed by atoms with Crippen LogP contribution in [0.2, 0.25) is 0 Å². The monoisotopic (exact) mass is 376 g/mol. The van der Waals surface area contributed by atoms with Crippen molar-refractivity contribution in [3.05, 3.63) is 36.2 Å². The predicted molar refractivity (Wildman–Crippen MR) is 115 cm³/mol. The maximum absolute atomic E-state index is 11.4. The first-order valence-electron chi connectivity index (χ1n) is 9.18. The molecule has 0 unspecified atom stereocenters. The Morgan fingerprint density at radius 1 is 1.35 bits per heavy atom. The molecule has 1 fully saturated rings. The van der Waals surface area contributed by atoms with Crippen LogP contribution in [0.5, 0.6) is 0 Å². The average molecular weight is 377 g/mol. The van der Waals surface area contributed by atoms with Crippen molar-refractivity contribution in [2.24, 2.45) is 15.9 Å². The molecule has 0 aromatic heterocycles. The van der Waals surface area contributed by atoms with E-state index in [0.29, 0.717) is 5.92 Å². The Balaban J connectivity index is 2.73. The first-order chi connectivity index (χ1) is 12.7. The molecule has 26 heavy (non-hydrogen) atoms. The molecule has 0 saturated heterocycles. The fourth-order valence-electron chi connectivity index (χ4n) is 2.90. The van der Waals surface area contributed by atoms with Gasteiger partial charge in [-0.25, -0.2) is 9.98 Å². The molecule has 1 aliphatic rings. The molecule has 6 heteroatoms. The molecule has 0 atom stereocenters. The van der Waals surface area contributed by atoms with Gasteiger partial charge in [-0.3, -0.25) is 4.79 Å². The van der Waals surface area contributed by atoms with E-state index in [9.17, 15) is 4.79 Å². The Morgan fingerprint density at radius 2 is 2.08 bits per heavy atom. The standard InChI is InChI=1S/C20H32N4OS/c1-5-19(17(2)20(26-4)22-13-9-12-21-3)23-15-24(16-25)14-18-10-7-6-8-11-18/h5,9,13,15-16,18,21H,2,6-8,10-12,14H2,1,3-4H3/b13-9-,19-5-,22-20?,23-15?. The zero-order chi connectivity index (χ0) is 19.2. The van der Waals surface area contributed by atoms with Crippen molar-refractivity contribution in [3.63, 3.8) is 0 Å². The van der Waals surface area contributed by atoms with Crippen molar-refractivity contribution >= 4 is 29.6 Å². The van der Waals surface area contributed by atoms with Crippen LogP contribution in [-0.4, -0.2) is 49.1 Å². The van der Waals surface area contributed by atoms with E-state index in [4.69, 9.17) is 0 Å². The summed E-state index contributed by atoms with van der Waals surface area (Å²) in [6.07, 6.45) is 16.3. The molecule has 0 radical (unpaired) electrons. The SMILES string of the molecule is C=C(C(=N/C=C\CNC)SC)/C(=C/C)N=CN(C=O)CC1CCCCC1. The van der Waals surface area contributed by atoms with Gasteiger partial charge in [0.15, 0.2) is 0 Å². The zero-order valence-corrected chi connectivity index (χ0v) is 17.1. The zero-order valence-electron chi connectivity index (χ0n) is 16.3. The van der Waals surface area contributed by atoms with Crippen LogP contribution in [0.15, 0.2) is 46.2 Å². The smallest absolute Gasteiger partial charge is 0.214 e. The fraction of sp³-hybridized carbons (Fsp3) is 0.550. The Labute approximate surface area is 162 Å². The molecule has 0 spiro atoms. The third-order valence-corrected chi connectivity index (χ3v) is 5.07. The number of amides is 1. The van der Waals surface area contributed by atoms with Crippen LogP contribution < -0.4 is 5.32 Å². The molecule has 1 aliphatic carbocycles. The topological polar surface area (TPSA) is 57.1 Å². The lowest BCUT2D eigenvalue weighted by molar-refractivity contribution is -0.115. The maximum Gasteiger partial charge on any atom is 0.214 e. The Morgan fingerprint density at radius 3 is 2.65 bits per heavy atom. The highest BCUT2D eigenvalue weighted by atomic mass is 32.2. The number of carbonyl (C=O) groups excluding carboxylic acids is 1. The fourth-order valence-corrected chi connectivity index (χ4v) is 3.42. The molecule has 1 N–H and O–H groups in total. The van der Waals surface area contributed by atoms with E-state index in [1.807, 2.05) is 32.4 Å². The summed E-state index contributed by atoms with van der Waals surface area (Å²) in [4.78, 5) is 22.0. The number of nitrogens with zero attached hydrogens (tertiary/aromatic N) is 3. The van der Waals surface area contributed by atoms with E-state index < -0.39 is 0 Å². The molecule has 1 rings (SSSR count). The number of hydrogen-bond donors (Lipinski definition) is 1. The number of likely N-dealkylation sites (N-methyl/N-ethyl adjacent to an activating group) is 1. The molecule has 1 amide bonds. The third-order valence-electron chi connectivity index (χ3n) is 4.33. The van der Waals surface area contributed by atoms with E-state index in [0.717, 1.165) is 35.8 Å². The van der Waals surface area contributed by atoms with Crippen LogP contribution in [0.3, 0.4) is 0 Å². The quantitative estimate of drug-likeness (QED) is 0.271. The lowest BCUT2D eigenvalue weighted by Gasteiger charge is -2.24. The highest BCUT2D eigenvalue weighted by Crippen LogP contribution is 2.24. The second-order valence-corrected chi connectivity index (χ2v) is 7.08. The van der Waals surface area contributed by atoms with Gasteiger partial charge in [-0.15, -0.1) is 11.8 Å². The Bertz CT molecular complexity index is 560. The van der Waals surface area contributed by atoms with Gasteiger partial charge >= 0.3 is 0 Å². The second-order valence-electron chi connectivity index (χ2n) is 6.28. The van der Waals surface area contributed by atoms with Gasteiger partial charge in [0.1, 0.15) is 5.04 Å². The summed E-state index contributed by atoms with van der Waals surface area (Å²) in [6, 6.07) is 0. The Hall–Kier alpha value is -1.66. The van der Waals surface area contributed by atoms with Gasteiger partial charge in [0.25, 0.3) is 0 Å². The average Bonchev–Trinajstić information content (AvgIpc) is 2.68. The molecular formula is C20H32N4OS. The molecule has 0 aromatic carbocycles. The van der Waals surface area contributed by atoms with E-state index >= 15 is 0 Å². The number of allylic oxidation sites excluding steroid dienone is 2. The molecule has 0 bridgehead atoms. The highest BCUT2D eigenvalue weighted by Gasteiger charge is 2.16. The van der Waals surface area contributed by atoms with Crippen LogP contribution in [0.4, 0.5) is 0 Å². The lowest BCUT2D eigenvalue weighted by Crippen LogP contribution is -2.28. The van der Waals surface area contributed by atoms with Gasteiger partial charge < -0.3 is 10.2 Å². The highest BCUT2D eigenvalue weighted by molar-refractivity contribution is 8.13. The van der Waals surface area contributed by atoms with E-state index in [1.165, 1.54) is 43.9 Å². The number of carbonyl (C=O) groups is 1. The molecular weight excluding hydrogens is 344 g/mol. The number of thioether (sulfide) groups is 1. The summed E-state index contributed by atoms with van der Waals surface area (Å²) in [5.74, 6) is 0.582. The van der Waals surface area contributed by atoms with E-state index in [1.54, 1.807) is 17.4 Å². The van der Waals surface area contributed by atoms with Gasteiger partial charge in [0.05, 0.1) is 12.0 Å². The normalized spacial score (nSPS) is 17.2. The molecule has 144 valence electrons. The Kier molecular flexibility index (Phi) is 11.6. The van der Waals surface area contributed by atoms with Crippen LogP contribution in [0.1, 0.15) is 39.0 Å². The molecule has 5 nitrogen and oxygen atoms in total. The van der Waals surface area contributed by atoms with Gasteiger partial charge in [-0.1, -0.05) is 38.0 Å². The van der Waals surface area contributed by atoms with Crippen LogP contribution in [0.25, 0.3) is 0 Å². The predicted octanol–water partition coefficient (Wildman–Crippen LogP) is 4.01. The first kappa shape index (κ1) is 22.4. The maximum atomic E-state index is 11.4. The minimum atomic E-state index is 0.582. The van der Waals surface area contributed by atoms with Crippen molar-refractivity contribution in [2.75, 3.05) is 26.4 Å². The van der Waals surface area contributed by atoms with Crippen LogP contribution in [0, 0.1) is 5.92 Å². The summed E-state index contributed by atoms with van der Waals surface area (Å²) < 4.78 is 0.